The first-order chi connectivity index (χ1) is 18.3. The number of ether oxygens (including phenoxy) is 1. The number of hydrogen-bond donors (Lipinski definition) is 4. The van der Waals surface area contributed by atoms with Gasteiger partial charge in [-0.15, -0.1) is 0 Å². The highest BCUT2D eigenvalue weighted by molar-refractivity contribution is 5.97. The molecule has 2 heterocycles. The van der Waals surface area contributed by atoms with Gasteiger partial charge in [0, 0.05) is 25.5 Å². The first-order valence-electron chi connectivity index (χ1n) is 13.9. The molecule has 0 bridgehead atoms. The molecule has 1 saturated heterocycles. The van der Waals surface area contributed by atoms with E-state index >= 15 is 0 Å². The predicted octanol–water partition coefficient (Wildman–Crippen LogP) is 1.73. The third-order valence-electron chi connectivity index (χ3n) is 7.15. The minimum atomic E-state index is -0.899. The summed E-state index contributed by atoms with van der Waals surface area (Å²) in [6, 6.07) is -2.19. The van der Waals surface area contributed by atoms with E-state index in [0.29, 0.717) is 13.1 Å². The highest BCUT2D eigenvalue weighted by Crippen LogP contribution is 2.28. The molecule has 2 aliphatic rings. The fourth-order valence-electron chi connectivity index (χ4n) is 5.13. The SMILES string of the molecule is CC(C)(C)OC(=O)C1CNCC1NC(=O)C(NC(=O)[C@@H](NC(=O)c1cnccn1)C1CCCCC1)C(C)(C)C. The summed E-state index contributed by atoms with van der Waals surface area (Å²) < 4.78 is 5.55. The maximum Gasteiger partial charge on any atom is 0.312 e. The molecule has 0 spiro atoms. The van der Waals surface area contributed by atoms with Crippen LogP contribution in [0, 0.1) is 17.3 Å². The van der Waals surface area contributed by atoms with Crippen molar-refractivity contribution in [1.82, 2.24) is 31.2 Å². The van der Waals surface area contributed by atoms with Gasteiger partial charge in [0.05, 0.1) is 18.2 Å². The molecule has 0 aromatic carbocycles. The summed E-state index contributed by atoms with van der Waals surface area (Å²) in [6.07, 6.45) is 8.89. The highest BCUT2D eigenvalue weighted by Gasteiger charge is 2.41. The molecule has 3 rings (SSSR count). The van der Waals surface area contributed by atoms with E-state index in [9.17, 15) is 19.2 Å². The van der Waals surface area contributed by atoms with Gasteiger partial charge in [0.25, 0.3) is 5.91 Å². The zero-order chi connectivity index (χ0) is 28.8. The summed E-state index contributed by atoms with van der Waals surface area (Å²) in [5.74, 6) is -2.26. The molecule has 3 unspecified atom stereocenters. The average molecular weight is 545 g/mol. The summed E-state index contributed by atoms with van der Waals surface area (Å²) in [7, 11) is 0. The molecular weight excluding hydrogens is 500 g/mol. The van der Waals surface area contributed by atoms with E-state index in [2.05, 4.69) is 31.2 Å². The second-order valence-electron chi connectivity index (χ2n) is 12.7. The van der Waals surface area contributed by atoms with Crippen LogP contribution in [0.4, 0.5) is 0 Å². The van der Waals surface area contributed by atoms with Gasteiger partial charge in [0.2, 0.25) is 11.8 Å². The Labute approximate surface area is 231 Å². The molecule has 1 aliphatic heterocycles. The van der Waals surface area contributed by atoms with Gasteiger partial charge >= 0.3 is 5.97 Å². The lowest BCUT2D eigenvalue weighted by atomic mass is 9.82. The average Bonchev–Trinajstić information content (AvgIpc) is 3.33. The molecule has 216 valence electrons. The number of nitrogens with zero attached hydrogens (tertiary/aromatic N) is 2. The van der Waals surface area contributed by atoms with E-state index in [1.807, 2.05) is 20.8 Å². The lowest BCUT2D eigenvalue weighted by Crippen LogP contribution is -2.61. The smallest absolute Gasteiger partial charge is 0.312 e. The minimum Gasteiger partial charge on any atom is -0.460 e. The number of carbonyl (C=O) groups is 4. The van der Waals surface area contributed by atoms with Crippen LogP contribution in [0.3, 0.4) is 0 Å². The van der Waals surface area contributed by atoms with Crippen molar-refractivity contribution in [2.45, 2.75) is 97.4 Å². The molecular formula is C28H44N6O5. The Kier molecular flexibility index (Phi) is 10.0. The lowest BCUT2D eigenvalue weighted by molar-refractivity contribution is -0.160. The Hall–Kier alpha value is -3.08. The molecule has 1 saturated carbocycles. The van der Waals surface area contributed by atoms with Gasteiger partial charge in [-0.05, 0) is 44.9 Å². The maximum absolute atomic E-state index is 13.7. The van der Waals surface area contributed by atoms with Crippen LogP contribution in [-0.2, 0) is 19.1 Å². The summed E-state index contributed by atoms with van der Waals surface area (Å²) in [5, 5.41) is 11.9. The molecule has 4 atom stereocenters. The van der Waals surface area contributed by atoms with E-state index in [1.165, 1.54) is 18.6 Å². The zero-order valence-corrected chi connectivity index (χ0v) is 24.0. The van der Waals surface area contributed by atoms with Crippen molar-refractivity contribution in [3.63, 3.8) is 0 Å². The number of esters is 1. The normalized spacial score (nSPS) is 21.9. The van der Waals surface area contributed by atoms with Crippen molar-refractivity contribution in [3.05, 3.63) is 24.3 Å². The van der Waals surface area contributed by atoms with Gasteiger partial charge in [-0.3, -0.25) is 24.2 Å². The second kappa shape index (κ2) is 12.8. The Balaban J connectivity index is 1.75. The fraction of sp³-hybridized carbons (Fsp3) is 0.714. The highest BCUT2D eigenvalue weighted by atomic mass is 16.6. The van der Waals surface area contributed by atoms with Crippen LogP contribution < -0.4 is 21.3 Å². The van der Waals surface area contributed by atoms with Crippen LogP contribution in [0.15, 0.2) is 18.6 Å². The van der Waals surface area contributed by atoms with Crippen molar-refractivity contribution in [2.75, 3.05) is 13.1 Å². The molecule has 11 heteroatoms. The maximum atomic E-state index is 13.7. The quantitative estimate of drug-likeness (QED) is 0.361. The van der Waals surface area contributed by atoms with E-state index < -0.39 is 46.9 Å². The van der Waals surface area contributed by atoms with Crippen molar-refractivity contribution >= 4 is 23.7 Å². The Morgan fingerprint density at radius 3 is 2.23 bits per heavy atom. The van der Waals surface area contributed by atoms with Crippen LogP contribution in [0.5, 0.6) is 0 Å². The predicted molar refractivity (Wildman–Crippen MR) is 145 cm³/mol. The topological polar surface area (TPSA) is 151 Å². The molecule has 4 N–H and O–H groups in total. The third-order valence-corrected chi connectivity index (χ3v) is 7.15. The lowest BCUT2D eigenvalue weighted by Gasteiger charge is -2.35. The number of nitrogens with one attached hydrogen (secondary N) is 4. The van der Waals surface area contributed by atoms with Crippen LogP contribution in [0.2, 0.25) is 0 Å². The number of rotatable bonds is 8. The van der Waals surface area contributed by atoms with E-state index in [4.69, 9.17) is 4.74 Å². The Bertz CT molecular complexity index is 1010. The van der Waals surface area contributed by atoms with Gasteiger partial charge in [-0.25, -0.2) is 4.98 Å². The summed E-state index contributed by atoms with van der Waals surface area (Å²) >= 11 is 0. The summed E-state index contributed by atoms with van der Waals surface area (Å²) in [6.45, 7) is 11.8. The number of hydrogen-bond acceptors (Lipinski definition) is 8. The monoisotopic (exact) mass is 544 g/mol. The van der Waals surface area contributed by atoms with Crippen molar-refractivity contribution in [3.8, 4) is 0 Å². The molecule has 1 aromatic rings. The molecule has 3 amide bonds. The molecule has 39 heavy (non-hydrogen) atoms. The molecule has 0 radical (unpaired) electrons. The van der Waals surface area contributed by atoms with Crippen molar-refractivity contribution in [1.29, 1.82) is 0 Å². The number of amides is 3. The van der Waals surface area contributed by atoms with Gasteiger partial charge < -0.3 is 26.0 Å². The molecule has 1 aliphatic carbocycles. The minimum absolute atomic E-state index is 0.0568. The van der Waals surface area contributed by atoms with Crippen LogP contribution in [0.1, 0.15) is 84.1 Å². The summed E-state index contributed by atoms with van der Waals surface area (Å²) in [4.78, 5) is 60.9. The van der Waals surface area contributed by atoms with Crippen LogP contribution in [-0.4, -0.2) is 70.5 Å². The zero-order valence-electron chi connectivity index (χ0n) is 24.0. The number of aromatic nitrogens is 2. The molecule has 2 fully saturated rings. The van der Waals surface area contributed by atoms with E-state index in [1.54, 1.807) is 20.8 Å². The number of carbonyl (C=O) groups excluding carboxylic acids is 4. The van der Waals surface area contributed by atoms with Gasteiger partial charge in [0.1, 0.15) is 23.4 Å². The second-order valence-corrected chi connectivity index (χ2v) is 12.7. The van der Waals surface area contributed by atoms with Gasteiger partial charge in [0.15, 0.2) is 0 Å². The first kappa shape index (κ1) is 30.5. The Morgan fingerprint density at radius 1 is 0.949 bits per heavy atom. The first-order valence-corrected chi connectivity index (χ1v) is 13.9. The fourth-order valence-corrected chi connectivity index (χ4v) is 5.13. The standard InChI is InChI=1S/C28H44N6O5/c1-27(2,3)22(25(37)32-19-15-30-14-18(19)26(38)39-28(4,5)6)34-24(36)21(17-10-8-7-9-11-17)33-23(35)20-16-29-12-13-31-20/h12-13,16-19,21-22,30H,7-11,14-15H2,1-6H3,(H,32,37)(H,33,35)(H,34,36)/t18?,19?,21-,22?/m0/s1. The molecule has 1 aromatic heterocycles. The Morgan fingerprint density at radius 2 is 1.64 bits per heavy atom. The van der Waals surface area contributed by atoms with E-state index in [0.717, 1.165) is 32.1 Å². The molecule has 11 nitrogen and oxygen atoms in total. The van der Waals surface area contributed by atoms with Crippen molar-refractivity contribution < 1.29 is 23.9 Å². The summed E-state index contributed by atoms with van der Waals surface area (Å²) in [5.41, 5.74) is -1.16. The van der Waals surface area contributed by atoms with Crippen LogP contribution in [0.25, 0.3) is 0 Å². The van der Waals surface area contributed by atoms with Gasteiger partial charge in [-0.2, -0.15) is 0 Å². The third kappa shape index (κ3) is 8.71. The van der Waals surface area contributed by atoms with E-state index in [-0.39, 0.29) is 23.5 Å². The van der Waals surface area contributed by atoms with Crippen molar-refractivity contribution in [2.24, 2.45) is 17.3 Å². The van der Waals surface area contributed by atoms with Gasteiger partial charge in [-0.1, -0.05) is 40.0 Å². The van der Waals surface area contributed by atoms with Crippen LogP contribution >= 0.6 is 0 Å². The largest absolute Gasteiger partial charge is 0.460 e.